The van der Waals surface area contributed by atoms with Crippen molar-refractivity contribution in [2.24, 2.45) is 0 Å². The Kier molecular flexibility index (Phi) is 9.48. The van der Waals surface area contributed by atoms with Crippen molar-refractivity contribution in [3.63, 3.8) is 0 Å². The third-order valence-corrected chi connectivity index (χ3v) is 4.72. The zero-order chi connectivity index (χ0) is 16.9. The van der Waals surface area contributed by atoms with Gasteiger partial charge in [-0.2, -0.15) is 0 Å². The first-order valence-corrected chi connectivity index (χ1v) is 9.94. The highest BCUT2D eigenvalue weighted by Crippen LogP contribution is 2.24. The zero-order valence-corrected chi connectivity index (χ0v) is 15.2. The molecule has 0 heterocycles. The van der Waals surface area contributed by atoms with Crippen molar-refractivity contribution in [2.75, 3.05) is 13.2 Å². The van der Waals surface area contributed by atoms with E-state index in [9.17, 15) is 4.57 Å². The average molecular weight is 346 g/mol. The Balaban J connectivity index is 1.42. The van der Waals surface area contributed by atoms with Gasteiger partial charge in [0.1, 0.15) is 0 Å². The Morgan fingerprint density at radius 3 is 1.46 bits per heavy atom. The minimum Gasteiger partial charge on any atom is -0.311 e. The number of aryl methyl sites for hydroxylation is 2. The molecule has 2 aromatic carbocycles. The Hall–Kier alpha value is -1.41. The molecule has 0 bridgehead atoms. The van der Waals surface area contributed by atoms with E-state index in [-0.39, 0.29) is 0 Å². The van der Waals surface area contributed by atoms with Crippen LogP contribution in [0.5, 0.6) is 0 Å². The van der Waals surface area contributed by atoms with Gasteiger partial charge in [-0.1, -0.05) is 60.7 Å². The van der Waals surface area contributed by atoms with Crippen molar-refractivity contribution in [1.29, 1.82) is 0 Å². The van der Waals surface area contributed by atoms with Gasteiger partial charge in [-0.15, -0.1) is 0 Å². The van der Waals surface area contributed by atoms with E-state index in [2.05, 4.69) is 48.5 Å². The summed E-state index contributed by atoms with van der Waals surface area (Å²) in [6.45, 7) is 1.02. The SMILES string of the molecule is O=[PH](OCCCCc1ccccc1)OCCCCc1ccccc1. The zero-order valence-electron chi connectivity index (χ0n) is 14.2. The largest absolute Gasteiger partial charge is 0.319 e. The summed E-state index contributed by atoms with van der Waals surface area (Å²) < 4.78 is 22.2. The lowest BCUT2D eigenvalue weighted by molar-refractivity contribution is 0.219. The van der Waals surface area contributed by atoms with Crippen LogP contribution >= 0.6 is 8.25 Å². The van der Waals surface area contributed by atoms with Crippen molar-refractivity contribution in [3.05, 3.63) is 71.8 Å². The molecule has 0 amide bonds. The van der Waals surface area contributed by atoms with Crippen molar-refractivity contribution in [3.8, 4) is 0 Å². The van der Waals surface area contributed by atoms with Crippen LogP contribution in [-0.4, -0.2) is 13.2 Å². The molecule has 0 aliphatic rings. The molecule has 0 atom stereocenters. The normalized spacial score (nSPS) is 11.0. The average Bonchev–Trinajstić information content (AvgIpc) is 2.63. The lowest BCUT2D eigenvalue weighted by atomic mass is 10.1. The maximum absolute atomic E-state index is 11.7. The molecule has 0 aliphatic heterocycles. The van der Waals surface area contributed by atoms with Crippen molar-refractivity contribution in [2.45, 2.75) is 38.5 Å². The summed E-state index contributed by atoms with van der Waals surface area (Å²) in [5.41, 5.74) is 2.67. The summed E-state index contributed by atoms with van der Waals surface area (Å²) in [6.07, 6.45) is 5.95. The molecule has 130 valence electrons. The molecule has 0 spiro atoms. The summed E-state index contributed by atoms with van der Waals surface area (Å²) >= 11 is 0. The molecule has 24 heavy (non-hydrogen) atoms. The quantitative estimate of drug-likeness (QED) is 0.378. The third-order valence-electron chi connectivity index (χ3n) is 3.85. The van der Waals surface area contributed by atoms with Gasteiger partial charge in [0.25, 0.3) is 0 Å². The van der Waals surface area contributed by atoms with E-state index in [1.54, 1.807) is 0 Å². The van der Waals surface area contributed by atoms with E-state index in [1.165, 1.54) is 11.1 Å². The summed E-state index contributed by atoms with van der Waals surface area (Å²) in [4.78, 5) is 0. The highest BCUT2D eigenvalue weighted by molar-refractivity contribution is 7.33. The van der Waals surface area contributed by atoms with Gasteiger partial charge >= 0.3 is 8.25 Å². The van der Waals surface area contributed by atoms with E-state index < -0.39 is 8.25 Å². The molecule has 0 aliphatic carbocycles. The lowest BCUT2D eigenvalue weighted by Crippen LogP contribution is -1.94. The summed E-state index contributed by atoms with van der Waals surface area (Å²) in [5, 5.41) is 0. The topological polar surface area (TPSA) is 35.5 Å². The molecule has 0 N–H and O–H groups in total. The Morgan fingerprint density at radius 2 is 1.04 bits per heavy atom. The Bertz CT molecular complexity index is 520. The number of rotatable bonds is 12. The first-order valence-electron chi connectivity index (χ1n) is 8.72. The van der Waals surface area contributed by atoms with E-state index >= 15 is 0 Å². The van der Waals surface area contributed by atoms with Crippen LogP contribution in [0, 0.1) is 0 Å². The standard InChI is InChI=1S/C20H27O3P/c21-24(22-17-9-7-15-19-11-3-1-4-12-19)23-18-10-8-16-20-13-5-2-6-14-20/h1-6,11-14,24H,7-10,15-18H2. The number of benzene rings is 2. The Morgan fingerprint density at radius 1 is 0.625 bits per heavy atom. The van der Waals surface area contributed by atoms with E-state index in [1.807, 2.05) is 12.1 Å². The van der Waals surface area contributed by atoms with Crippen LogP contribution in [0.15, 0.2) is 60.7 Å². The molecule has 0 saturated heterocycles. The fourth-order valence-corrected chi connectivity index (χ4v) is 3.21. The van der Waals surface area contributed by atoms with Gasteiger partial charge in [-0.25, -0.2) is 0 Å². The van der Waals surface area contributed by atoms with E-state index in [0.29, 0.717) is 13.2 Å². The summed E-state index contributed by atoms with van der Waals surface area (Å²) in [6, 6.07) is 20.8. The number of hydrogen-bond acceptors (Lipinski definition) is 3. The molecule has 4 heteroatoms. The second-order valence-electron chi connectivity index (χ2n) is 5.83. The highest BCUT2D eigenvalue weighted by Gasteiger charge is 2.00. The van der Waals surface area contributed by atoms with Crippen LogP contribution in [0.3, 0.4) is 0 Å². The van der Waals surface area contributed by atoms with Gasteiger partial charge in [0.05, 0.1) is 13.2 Å². The smallest absolute Gasteiger partial charge is 0.311 e. The molecule has 2 aromatic rings. The minimum atomic E-state index is -2.33. The summed E-state index contributed by atoms with van der Waals surface area (Å²) in [7, 11) is -2.33. The van der Waals surface area contributed by atoms with Gasteiger partial charge in [-0.05, 0) is 49.7 Å². The molecule has 0 saturated carbocycles. The van der Waals surface area contributed by atoms with Gasteiger partial charge in [-0.3, -0.25) is 4.57 Å². The van der Waals surface area contributed by atoms with E-state index in [0.717, 1.165) is 38.5 Å². The van der Waals surface area contributed by atoms with Crippen LogP contribution in [-0.2, 0) is 26.5 Å². The van der Waals surface area contributed by atoms with Crippen molar-refractivity contribution >= 4 is 8.25 Å². The molecule has 0 radical (unpaired) electrons. The number of unbranched alkanes of at least 4 members (excludes halogenated alkanes) is 2. The number of hydrogen-bond donors (Lipinski definition) is 0. The molecule has 3 nitrogen and oxygen atoms in total. The maximum Gasteiger partial charge on any atom is 0.319 e. The second-order valence-corrected chi connectivity index (χ2v) is 6.91. The monoisotopic (exact) mass is 346 g/mol. The third kappa shape index (κ3) is 8.44. The second kappa shape index (κ2) is 12.0. The van der Waals surface area contributed by atoms with Crippen molar-refractivity contribution < 1.29 is 13.6 Å². The molecule has 0 fully saturated rings. The van der Waals surface area contributed by atoms with Gasteiger partial charge < -0.3 is 9.05 Å². The maximum atomic E-state index is 11.7. The first kappa shape index (κ1) is 18.9. The fourth-order valence-electron chi connectivity index (χ4n) is 2.50. The summed E-state index contributed by atoms with van der Waals surface area (Å²) in [5.74, 6) is 0. The molecule has 0 unspecified atom stereocenters. The van der Waals surface area contributed by atoms with Gasteiger partial charge in [0.15, 0.2) is 0 Å². The molecule has 0 aromatic heterocycles. The fraction of sp³-hybridized carbons (Fsp3) is 0.400. The predicted molar refractivity (Wildman–Crippen MR) is 99.7 cm³/mol. The van der Waals surface area contributed by atoms with Gasteiger partial charge in [0.2, 0.25) is 0 Å². The first-order chi connectivity index (χ1) is 11.8. The van der Waals surface area contributed by atoms with Crippen LogP contribution in [0.2, 0.25) is 0 Å². The van der Waals surface area contributed by atoms with Gasteiger partial charge in [0, 0.05) is 0 Å². The van der Waals surface area contributed by atoms with Crippen molar-refractivity contribution in [1.82, 2.24) is 0 Å². The molecule has 2 rings (SSSR count). The van der Waals surface area contributed by atoms with Crippen LogP contribution in [0.4, 0.5) is 0 Å². The molecular formula is C20H27O3P. The lowest BCUT2D eigenvalue weighted by Gasteiger charge is -2.06. The van der Waals surface area contributed by atoms with Crippen LogP contribution in [0.25, 0.3) is 0 Å². The molecular weight excluding hydrogens is 319 g/mol. The van der Waals surface area contributed by atoms with Crippen LogP contribution in [0.1, 0.15) is 36.8 Å². The highest BCUT2D eigenvalue weighted by atomic mass is 31.1. The van der Waals surface area contributed by atoms with E-state index in [4.69, 9.17) is 9.05 Å². The Labute approximate surface area is 146 Å². The van der Waals surface area contributed by atoms with Crippen LogP contribution < -0.4 is 0 Å². The predicted octanol–water partition coefficient (Wildman–Crippen LogP) is 5.46. The minimum absolute atomic E-state index is 0.509.